The molecule has 0 amide bonds. The quantitative estimate of drug-likeness (QED) is 0.618. The van der Waals surface area contributed by atoms with Crippen LogP contribution < -0.4 is 5.56 Å². The van der Waals surface area contributed by atoms with E-state index in [1.165, 1.54) is 12.3 Å². The number of aliphatic hydroxyl groups is 2. The van der Waals surface area contributed by atoms with Gasteiger partial charge in [-0.25, -0.2) is 0 Å². The Bertz CT molecular complexity index is 570. The Morgan fingerprint density at radius 2 is 2.14 bits per heavy atom. The van der Waals surface area contributed by atoms with Gasteiger partial charge >= 0.3 is 5.97 Å². The number of ether oxygens (including phenoxy) is 2. The first-order valence-corrected chi connectivity index (χ1v) is 6.52. The lowest BCUT2D eigenvalue weighted by molar-refractivity contribution is -0.149. The van der Waals surface area contributed by atoms with Crippen LogP contribution in [-0.4, -0.2) is 50.8 Å². The Morgan fingerprint density at radius 3 is 2.76 bits per heavy atom. The summed E-state index contributed by atoms with van der Waals surface area (Å²) in [5, 5.41) is 29.0. The number of rotatable bonds is 4. The molecule has 0 aliphatic carbocycles. The summed E-state index contributed by atoms with van der Waals surface area (Å²) in [5.41, 5.74) is -0.586. The molecule has 8 nitrogen and oxygen atoms in total. The van der Waals surface area contributed by atoms with Crippen LogP contribution in [0, 0.1) is 0 Å². The van der Waals surface area contributed by atoms with Gasteiger partial charge in [0.1, 0.15) is 30.7 Å². The average Bonchev–Trinajstić information content (AvgIpc) is 2.73. The zero-order valence-electron chi connectivity index (χ0n) is 11.4. The molecule has 0 spiro atoms. The fraction of sp³-hybridized carbons (Fsp3) is 0.538. The molecule has 4 atom stereocenters. The van der Waals surface area contributed by atoms with E-state index in [0.717, 1.165) is 10.6 Å². The summed E-state index contributed by atoms with van der Waals surface area (Å²) in [7, 11) is 0. The Morgan fingerprint density at radius 1 is 1.43 bits per heavy atom. The van der Waals surface area contributed by atoms with E-state index in [1.807, 2.05) is 0 Å². The molecule has 0 aromatic carbocycles. The van der Waals surface area contributed by atoms with Crippen LogP contribution in [0.25, 0.3) is 0 Å². The molecule has 0 bridgehead atoms. The maximum atomic E-state index is 11.7. The van der Waals surface area contributed by atoms with E-state index in [-0.39, 0.29) is 18.8 Å². The topological polar surface area (TPSA) is 118 Å². The Labute approximate surface area is 120 Å². The second-order valence-corrected chi connectivity index (χ2v) is 4.71. The number of hydrogen-bond acceptors (Lipinski definition) is 7. The minimum atomic E-state index is -1.35. The third-order valence-corrected chi connectivity index (χ3v) is 3.24. The van der Waals surface area contributed by atoms with Crippen LogP contribution in [0.2, 0.25) is 0 Å². The highest BCUT2D eigenvalue weighted by Gasteiger charge is 2.44. The van der Waals surface area contributed by atoms with Crippen LogP contribution in [0.5, 0.6) is 5.75 Å². The summed E-state index contributed by atoms with van der Waals surface area (Å²) in [6.45, 7) is 1.41. The average molecular weight is 299 g/mol. The van der Waals surface area contributed by atoms with Crippen molar-refractivity contribution in [3.8, 4) is 5.75 Å². The van der Waals surface area contributed by atoms with Crippen molar-refractivity contribution in [3.63, 3.8) is 0 Å². The molecule has 116 valence electrons. The van der Waals surface area contributed by atoms with Crippen molar-refractivity contribution < 1.29 is 29.6 Å². The lowest BCUT2D eigenvalue weighted by Crippen LogP contribution is -2.35. The van der Waals surface area contributed by atoms with Gasteiger partial charge in [-0.1, -0.05) is 6.92 Å². The summed E-state index contributed by atoms with van der Waals surface area (Å²) >= 11 is 0. The SMILES string of the molecule is CCC(=O)OC[C@H]1O[C@@H](n2ccc(O)cc2=O)[C@@H](O)[C@@H]1O. The van der Waals surface area contributed by atoms with Gasteiger partial charge in [0, 0.05) is 18.7 Å². The second kappa shape index (κ2) is 6.25. The van der Waals surface area contributed by atoms with E-state index in [1.54, 1.807) is 6.92 Å². The molecular formula is C13H17NO7. The van der Waals surface area contributed by atoms with Crippen LogP contribution >= 0.6 is 0 Å². The number of pyridine rings is 1. The van der Waals surface area contributed by atoms with Crippen LogP contribution in [0.3, 0.4) is 0 Å². The number of carbonyl (C=O) groups excluding carboxylic acids is 1. The van der Waals surface area contributed by atoms with E-state index in [2.05, 4.69) is 0 Å². The fourth-order valence-corrected chi connectivity index (χ4v) is 2.06. The van der Waals surface area contributed by atoms with Gasteiger partial charge in [-0.3, -0.25) is 14.2 Å². The van der Waals surface area contributed by atoms with Gasteiger partial charge in [-0.2, -0.15) is 0 Å². The second-order valence-electron chi connectivity index (χ2n) is 4.71. The molecule has 1 aliphatic heterocycles. The van der Waals surface area contributed by atoms with Crippen molar-refractivity contribution in [2.45, 2.75) is 37.9 Å². The first-order valence-electron chi connectivity index (χ1n) is 6.52. The van der Waals surface area contributed by atoms with E-state index >= 15 is 0 Å². The first-order chi connectivity index (χ1) is 9.93. The van der Waals surface area contributed by atoms with Crippen molar-refractivity contribution in [2.24, 2.45) is 0 Å². The summed E-state index contributed by atoms with van der Waals surface area (Å²) < 4.78 is 11.3. The number of aromatic hydroxyl groups is 1. The molecular weight excluding hydrogens is 282 g/mol. The monoisotopic (exact) mass is 299 g/mol. The molecule has 2 rings (SSSR count). The van der Waals surface area contributed by atoms with Crippen molar-refractivity contribution in [2.75, 3.05) is 6.61 Å². The normalized spacial score (nSPS) is 28.5. The predicted molar refractivity (Wildman–Crippen MR) is 69.5 cm³/mol. The molecule has 1 aromatic heterocycles. The molecule has 21 heavy (non-hydrogen) atoms. The smallest absolute Gasteiger partial charge is 0.305 e. The highest BCUT2D eigenvalue weighted by atomic mass is 16.6. The van der Waals surface area contributed by atoms with E-state index in [0.29, 0.717) is 0 Å². The van der Waals surface area contributed by atoms with Crippen LogP contribution in [0.4, 0.5) is 0 Å². The molecule has 2 heterocycles. The molecule has 8 heteroatoms. The van der Waals surface area contributed by atoms with Crippen LogP contribution in [0.15, 0.2) is 23.1 Å². The number of esters is 1. The van der Waals surface area contributed by atoms with E-state index in [4.69, 9.17) is 9.47 Å². The lowest BCUT2D eigenvalue weighted by Gasteiger charge is -2.17. The number of nitrogens with zero attached hydrogens (tertiary/aromatic N) is 1. The molecule has 0 saturated carbocycles. The highest BCUT2D eigenvalue weighted by molar-refractivity contribution is 5.68. The van der Waals surface area contributed by atoms with Gasteiger partial charge in [-0.05, 0) is 6.07 Å². The van der Waals surface area contributed by atoms with Crippen LogP contribution in [0.1, 0.15) is 19.6 Å². The zero-order chi connectivity index (χ0) is 15.6. The summed E-state index contributed by atoms with van der Waals surface area (Å²) in [4.78, 5) is 22.8. The Balaban J connectivity index is 2.12. The van der Waals surface area contributed by atoms with Crippen molar-refractivity contribution in [1.82, 2.24) is 4.57 Å². The van der Waals surface area contributed by atoms with Gasteiger partial charge in [0.2, 0.25) is 0 Å². The lowest BCUT2D eigenvalue weighted by atomic mass is 10.1. The number of aliphatic hydroxyl groups excluding tert-OH is 2. The molecule has 0 radical (unpaired) electrons. The minimum Gasteiger partial charge on any atom is -0.508 e. The standard InChI is InChI=1S/C13H17NO7/c1-2-10(17)20-6-8-11(18)12(19)13(21-8)14-4-3-7(15)5-9(14)16/h3-5,8,11-13,15,18-19H,2,6H2,1H3/t8-,11-,12+,13-/m1/s1. The van der Waals surface area contributed by atoms with Crippen molar-refractivity contribution >= 4 is 5.97 Å². The molecule has 0 unspecified atom stereocenters. The molecule has 3 N–H and O–H groups in total. The van der Waals surface area contributed by atoms with Crippen molar-refractivity contribution in [3.05, 3.63) is 28.7 Å². The minimum absolute atomic E-state index is 0.187. The van der Waals surface area contributed by atoms with Crippen molar-refractivity contribution in [1.29, 1.82) is 0 Å². The number of hydrogen-bond donors (Lipinski definition) is 3. The summed E-state index contributed by atoms with van der Waals surface area (Å²) in [6.07, 6.45) is -3.25. The third kappa shape index (κ3) is 3.23. The van der Waals surface area contributed by atoms with Gasteiger partial charge in [0.05, 0.1) is 0 Å². The van der Waals surface area contributed by atoms with E-state index < -0.39 is 36.1 Å². The van der Waals surface area contributed by atoms with Crippen LogP contribution in [-0.2, 0) is 14.3 Å². The number of aromatic nitrogens is 1. The molecule has 1 aromatic rings. The third-order valence-electron chi connectivity index (χ3n) is 3.24. The molecule has 1 fully saturated rings. The Hall–Kier alpha value is -1.90. The highest BCUT2D eigenvalue weighted by Crippen LogP contribution is 2.28. The van der Waals surface area contributed by atoms with Gasteiger partial charge in [0.25, 0.3) is 5.56 Å². The largest absolute Gasteiger partial charge is 0.508 e. The van der Waals surface area contributed by atoms with Gasteiger partial charge in [-0.15, -0.1) is 0 Å². The van der Waals surface area contributed by atoms with Gasteiger partial charge in [0.15, 0.2) is 6.23 Å². The predicted octanol–water partition coefficient (Wildman–Crippen LogP) is -0.874. The fourth-order valence-electron chi connectivity index (χ4n) is 2.06. The maximum Gasteiger partial charge on any atom is 0.305 e. The van der Waals surface area contributed by atoms with Gasteiger partial charge < -0.3 is 24.8 Å². The summed E-state index contributed by atoms with van der Waals surface area (Å²) in [5.74, 6) is -0.664. The summed E-state index contributed by atoms with van der Waals surface area (Å²) in [6, 6.07) is 2.22. The Kier molecular flexibility index (Phi) is 4.61. The zero-order valence-corrected chi connectivity index (χ0v) is 11.4. The maximum absolute atomic E-state index is 11.7. The molecule has 1 saturated heterocycles. The molecule has 1 aliphatic rings. The van der Waals surface area contributed by atoms with E-state index in [9.17, 15) is 24.9 Å². The first kappa shape index (κ1) is 15.5. The number of carbonyl (C=O) groups is 1.